The molecule has 1 heterocycles. The zero-order chi connectivity index (χ0) is 14.7. The molecule has 0 radical (unpaired) electrons. The number of nitrogens with one attached hydrogen (secondary N) is 2. The van der Waals surface area contributed by atoms with E-state index >= 15 is 0 Å². The molecule has 21 heavy (non-hydrogen) atoms. The summed E-state index contributed by atoms with van der Waals surface area (Å²) in [6.07, 6.45) is 2.36. The first-order valence-electron chi connectivity index (χ1n) is 6.94. The minimum Gasteiger partial charge on any atom is -0.492 e. The normalized spacial score (nSPS) is 14.0. The Morgan fingerprint density at radius 1 is 1.38 bits per heavy atom. The molecule has 2 aromatic rings. The lowest BCUT2D eigenvalue weighted by atomic mass is 10.2. The van der Waals surface area contributed by atoms with E-state index in [0.29, 0.717) is 29.8 Å². The van der Waals surface area contributed by atoms with E-state index in [1.165, 1.54) is 12.8 Å². The quantitative estimate of drug-likeness (QED) is 0.806. The maximum absolute atomic E-state index is 11.9. The maximum atomic E-state index is 11.9. The van der Waals surface area contributed by atoms with Gasteiger partial charge in [-0.15, -0.1) is 0 Å². The number of H-pyrrole nitrogens is 1. The van der Waals surface area contributed by atoms with Crippen molar-refractivity contribution >= 4 is 17.5 Å². The number of hydrogen-bond donors (Lipinski definition) is 2. The number of ether oxygens (including phenoxy) is 1. The van der Waals surface area contributed by atoms with Gasteiger partial charge in [-0.3, -0.25) is 9.89 Å². The second kappa shape index (κ2) is 6.18. The van der Waals surface area contributed by atoms with E-state index < -0.39 is 0 Å². The van der Waals surface area contributed by atoms with Gasteiger partial charge in [0.1, 0.15) is 18.1 Å². The van der Waals surface area contributed by atoms with Crippen LogP contribution < -0.4 is 10.1 Å². The van der Waals surface area contributed by atoms with E-state index in [-0.39, 0.29) is 5.91 Å². The minimum absolute atomic E-state index is 0.183. The average Bonchev–Trinajstić information content (AvgIpc) is 3.22. The summed E-state index contributed by atoms with van der Waals surface area (Å²) in [7, 11) is 0. The molecule has 1 aliphatic carbocycles. The number of rotatable bonds is 6. The highest BCUT2D eigenvalue weighted by Crippen LogP contribution is 2.38. The van der Waals surface area contributed by atoms with Crippen LogP contribution in [0.25, 0.3) is 0 Å². The molecule has 0 spiro atoms. The Morgan fingerprint density at radius 3 is 2.86 bits per heavy atom. The van der Waals surface area contributed by atoms with E-state index in [1.807, 2.05) is 6.07 Å². The highest BCUT2D eigenvalue weighted by molar-refractivity contribution is 6.30. The van der Waals surface area contributed by atoms with E-state index in [4.69, 9.17) is 16.3 Å². The van der Waals surface area contributed by atoms with Crippen molar-refractivity contribution in [2.75, 3.05) is 13.2 Å². The maximum Gasteiger partial charge on any atom is 0.271 e. The van der Waals surface area contributed by atoms with Gasteiger partial charge in [0.2, 0.25) is 0 Å². The van der Waals surface area contributed by atoms with E-state index in [2.05, 4.69) is 15.5 Å². The predicted molar refractivity (Wildman–Crippen MR) is 79.8 cm³/mol. The average molecular weight is 306 g/mol. The number of carbonyl (C=O) groups excluding carboxylic acids is 1. The first kappa shape index (κ1) is 13.9. The largest absolute Gasteiger partial charge is 0.492 e. The summed E-state index contributed by atoms with van der Waals surface area (Å²) in [5.41, 5.74) is 1.49. The van der Waals surface area contributed by atoms with Crippen molar-refractivity contribution in [3.63, 3.8) is 0 Å². The highest BCUT2D eigenvalue weighted by atomic mass is 35.5. The van der Waals surface area contributed by atoms with Gasteiger partial charge in [0.25, 0.3) is 5.91 Å². The SMILES string of the molecule is O=C(NCCOc1ccc(Cl)cc1)c1cc(C2CC2)[nH]n1. The number of amides is 1. The molecule has 5 nitrogen and oxygen atoms in total. The van der Waals surface area contributed by atoms with Crippen LogP contribution in [0, 0.1) is 0 Å². The fourth-order valence-corrected chi connectivity index (χ4v) is 2.14. The summed E-state index contributed by atoms with van der Waals surface area (Å²) in [5, 5.41) is 10.4. The minimum atomic E-state index is -0.183. The smallest absolute Gasteiger partial charge is 0.271 e. The van der Waals surface area contributed by atoms with Crippen LogP contribution in [0.4, 0.5) is 0 Å². The Kier molecular flexibility index (Phi) is 4.10. The van der Waals surface area contributed by atoms with E-state index in [0.717, 1.165) is 11.4 Å². The standard InChI is InChI=1S/C15H16ClN3O2/c16-11-3-5-12(6-4-11)21-8-7-17-15(20)14-9-13(18-19-14)10-1-2-10/h3-6,9-10H,1-2,7-8H2,(H,17,20)(H,18,19). The third-order valence-corrected chi connectivity index (χ3v) is 3.57. The van der Waals surface area contributed by atoms with Gasteiger partial charge in [-0.05, 0) is 43.2 Å². The van der Waals surface area contributed by atoms with Crippen molar-refractivity contribution in [1.29, 1.82) is 0 Å². The predicted octanol–water partition coefficient (Wildman–Crippen LogP) is 2.75. The van der Waals surface area contributed by atoms with Gasteiger partial charge in [0.05, 0.1) is 6.54 Å². The molecular formula is C15H16ClN3O2. The molecule has 110 valence electrons. The van der Waals surface area contributed by atoms with Crippen molar-refractivity contribution in [1.82, 2.24) is 15.5 Å². The van der Waals surface area contributed by atoms with Gasteiger partial charge in [-0.2, -0.15) is 5.10 Å². The molecule has 0 bridgehead atoms. The summed E-state index contributed by atoms with van der Waals surface area (Å²) in [4.78, 5) is 11.9. The lowest BCUT2D eigenvalue weighted by Crippen LogP contribution is -2.28. The molecule has 0 saturated heterocycles. The van der Waals surface area contributed by atoms with E-state index in [1.54, 1.807) is 24.3 Å². The third kappa shape index (κ3) is 3.76. The molecule has 2 N–H and O–H groups in total. The summed E-state index contributed by atoms with van der Waals surface area (Å²) in [6, 6.07) is 8.93. The Labute approximate surface area is 127 Å². The molecule has 1 aliphatic rings. The van der Waals surface area contributed by atoms with Crippen molar-refractivity contribution in [3.05, 3.63) is 46.7 Å². The molecule has 1 amide bonds. The monoisotopic (exact) mass is 305 g/mol. The number of halogens is 1. The molecular weight excluding hydrogens is 290 g/mol. The highest BCUT2D eigenvalue weighted by Gasteiger charge is 2.26. The van der Waals surface area contributed by atoms with Crippen LogP contribution in [0.3, 0.4) is 0 Å². The van der Waals surface area contributed by atoms with Crippen LogP contribution in [0.2, 0.25) is 5.02 Å². The van der Waals surface area contributed by atoms with Gasteiger partial charge in [-0.25, -0.2) is 0 Å². The van der Waals surface area contributed by atoms with Crippen LogP contribution in [0.15, 0.2) is 30.3 Å². The first-order valence-corrected chi connectivity index (χ1v) is 7.32. The van der Waals surface area contributed by atoms with Gasteiger partial charge in [0.15, 0.2) is 0 Å². The zero-order valence-corrected chi connectivity index (χ0v) is 12.2. The molecule has 3 rings (SSSR count). The number of aromatic nitrogens is 2. The summed E-state index contributed by atoms with van der Waals surface area (Å²) < 4.78 is 5.50. The molecule has 0 unspecified atom stereocenters. The van der Waals surface area contributed by atoms with Gasteiger partial charge < -0.3 is 10.1 Å². The Hall–Kier alpha value is -2.01. The lowest BCUT2D eigenvalue weighted by molar-refractivity contribution is 0.0942. The molecule has 6 heteroatoms. The van der Waals surface area contributed by atoms with Crippen LogP contribution in [0.5, 0.6) is 5.75 Å². The Balaban J connectivity index is 1.41. The number of carbonyl (C=O) groups is 1. The summed E-state index contributed by atoms with van der Waals surface area (Å²) >= 11 is 5.79. The fourth-order valence-electron chi connectivity index (χ4n) is 2.01. The fraction of sp³-hybridized carbons (Fsp3) is 0.333. The summed E-state index contributed by atoms with van der Waals surface area (Å²) in [5.74, 6) is 1.11. The molecule has 0 atom stereocenters. The summed E-state index contributed by atoms with van der Waals surface area (Å²) in [6.45, 7) is 0.820. The van der Waals surface area contributed by atoms with Crippen molar-refractivity contribution < 1.29 is 9.53 Å². The second-order valence-corrected chi connectivity index (χ2v) is 5.48. The molecule has 1 saturated carbocycles. The van der Waals surface area contributed by atoms with E-state index in [9.17, 15) is 4.79 Å². The first-order chi connectivity index (χ1) is 10.2. The van der Waals surface area contributed by atoms with Crippen LogP contribution in [0.1, 0.15) is 34.9 Å². The lowest BCUT2D eigenvalue weighted by Gasteiger charge is -2.06. The number of hydrogen-bond acceptors (Lipinski definition) is 3. The molecule has 1 fully saturated rings. The van der Waals surface area contributed by atoms with Gasteiger partial charge >= 0.3 is 0 Å². The second-order valence-electron chi connectivity index (χ2n) is 5.04. The Morgan fingerprint density at radius 2 is 2.14 bits per heavy atom. The van der Waals surface area contributed by atoms with Gasteiger partial charge in [0, 0.05) is 16.6 Å². The number of benzene rings is 1. The zero-order valence-electron chi connectivity index (χ0n) is 11.4. The van der Waals surface area contributed by atoms with Crippen LogP contribution >= 0.6 is 11.6 Å². The molecule has 1 aromatic carbocycles. The van der Waals surface area contributed by atoms with Crippen LogP contribution in [-0.2, 0) is 0 Å². The van der Waals surface area contributed by atoms with Crippen molar-refractivity contribution in [2.24, 2.45) is 0 Å². The van der Waals surface area contributed by atoms with Crippen molar-refractivity contribution in [2.45, 2.75) is 18.8 Å². The topological polar surface area (TPSA) is 67.0 Å². The third-order valence-electron chi connectivity index (χ3n) is 3.32. The molecule has 1 aromatic heterocycles. The molecule has 0 aliphatic heterocycles. The van der Waals surface area contributed by atoms with Crippen molar-refractivity contribution in [3.8, 4) is 5.75 Å². The number of aromatic amines is 1. The number of nitrogens with zero attached hydrogens (tertiary/aromatic N) is 1. The van der Waals surface area contributed by atoms with Crippen LogP contribution in [-0.4, -0.2) is 29.3 Å². The Bertz CT molecular complexity index is 620. The van der Waals surface area contributed by atoms with Gasteiger partial charge in [-0.1, -0.05) is 11.6 Å².